The highest BCUT2D eigenvalue weighted by Gasteiger charge is 2.31. The first-order valence-corrected chi connectivity index (χ1v) is 18.4. The fourth-order valence-electron chi connectivity index (χ4n) is 5.46. The maximum absolute atomic E-state index is 11.4. The van der Waals surface area contributed by atoms with Gasteiger partial charge in [-0.1, -0.05) is 40.9 Å². The van der Waals surface area contributed by atoms with Crippen molar-refractivity contribution in [2.24, 2.45) is 7.05 Å². The molecule has 1 aliphatic rings. The second-order valence-corrected chi connectivity index (χ2v) is 14.8. The van der Waals surface area contributed by atoms with Gasteiger partial charge in [0.2, 0.25) is 5.69 Å². The molecule has 4 rings (SSSR count). The molecule has 0 radical (unpaired) electrons. The Morgan fingerprint density at radius 2 is 1.66 bits per heavy atom. The Morgan fingerprint density at radius 3 is 2.26 bits per heavy atom. The van der Waals surface area contributed by atoms with Gasteiger partial charge in [-0.3, -0.25) is 9.11 Å². The zero-order valence-electron chi connectivity index (χ0n) is 25.9. The van der Waals surface area contributed by atoms with E-state index < -0.39 is 31.7 Å². The first-order chi connectivity index (χ1) is 22.1. The van der Waals surface area contributed by atoms with Crippen LogP contribution in [0.5, 0.6) is 0 Å². The molecule has 0 amide bonds. The number of hydrogen-bond donors (Lipinski definition) is 2. The Hall–Kier alpha value is -3.89. The molecule has 3 aromatic rings. The van der Waals surface area contributed by atoms with Crippen molar-refractivity contribution in [1.29, 1.82) is 5.26 Å². The summed E-state index contributed by atoms with van der Waals surface area (Å²) in [5, 5.41) is 10.2. The lowest BCUT2D eigenvalue weighted by atomic mass is 10.1. The van der Waals surface area contributed by atoms with E-state index in [0.29, 0.717) is 33.6 Å². The van der Waals surface area contributed by atoms with Gasteiger partial charge in [0, 0.05) is 25.6 Å². The van der Waals surface area contributed by atoms with Gasteiger partial charge in [0.15, 0.2) is 11.0 Å². The standard InChI is InChI=1S/C31H32Cl2N6O6S2/c1-5-37-28-17-23(32)22(20-34)16-27(28)39(13-7-15-47(43,44)45)31(37)11-9-21(2)8-10-30-36(4)26-18-24(33)25(35-3)19-29(26)38(30)12-6-14-46(40,41)42/h8-11,16-19H,5-7,12-15H2,1-2,4H3,(H-,40,41,42,43,44,45)/p+1. The van der Waals surface area contributed by atoms with Crippen LogP contribution in [0.4, 0.5) is 17.1 Å². The Bertz CT molecular complexity index is 2130. The minimum atomic E-state index is -4.17. The molecule has 248 valence electrons. The minimum absolute atomic E-state index is 0.137. The smallest absolute Gasteiger partial charge is 0.282 e. The SMILES string of the molecule is [C-]#[N+]c1cc2c(cc1Cl)[n+](C)c(/C=C/C(C)=C\C=C1/N(CC)c3cc(Cl)c(C#N)cc3N1CCCS(=O)(=O)O)n2CCCS(=O)(=O)O. The van der Waals surface area contributed by atoms with E-state index in [1.54, 1.807) is 24.3 Å². The molecule has 47 heavy (non-hydrogen) atoms. The fourth-order valence-corrected chi connectivity index (χ4v) is 6.85. The third-order valence-corrected chi connectivity index (χ3v) is 9.86. The van der Waals surface area contributed by atoms with Crippen LogP contribution in [0.3, 0.4) is 0 Å². The highest BCUT2D eigenvalue weighted by molar-refractivity contribution is 7.86. The second-order valence-electron chi connectivity index (χ2n) is 10.8. The molecule has 0 bridgehead atoms. The number of nitriles is 1. The summed E-state index contributed by atoms with van der Waals surface area (Å²) in [5.41, 5.74) is 4.23. The quantitative estimate of drug-likeness (QED) is 0.101. The summed E-state index contributed by atoms with van der Waals surface area (Å²) >= 11 is 12.7. The average Bonchev–Trinajstić information content (AvgIpc) is 3.41. The van der Waals surface area contributed by atoms with Gasteiger partial charge < -0.3 is 9.80 Å². The average molecular weight is 721 g/mol. The van der Waals surface area contributed by atoms with Crippen molar-refractivity contribution in [3.05, 3.63) is 86.7 Å². The van der Waals surface area contributed by atoms with Gasteiger partial charge in [0.1, 0.15) is 11.9 Å². The molecule has 12 nitrogen and oxygen atoms in total. The molecule has 2 aromatic carbocycles. The van der Waals surface area contributed by atoms with Gasteiger partial charge >= 0.3 is 0 Å². The Labute approximate surface area is 284 Å². The maximum Gasteiger partial charge on any atom is 0.282 e. The van der Waals surface area contributed by atoms with Gasteiger partial charge in [-0.2, -0.15) is 22.1 Å². The van der Waals surface area contributed by atoms with Crippen molar-refractivity contribution in [3.63, 3.8) is 0 Å². The van der Waals surface area contributed by atoms with E-state index in [2.05, 4.69) is 10.9 Å². The van der Waals surface area contributed by atoms with Crippen LogP contribution in [0.1, 0.15) is 38.1 Å². The first-order valence-electron chi connectivity index (χ1n) is 14.4. The number of nitrogens with zero attached hydrogens (tertiary/aromatic N) is 6. The predicted molar refractivity (Wildman–Crippen MR) is 184 cm³/mol. The lowest BCUT2D eigenvalue weighted by Gasteiger charge is -2.24. The Morgan fingerprint density at radius 1 is 1.02 bits per heavy atom. The number of halogens is 2. The largest absolute Gasteiger partial charge is 0.326 e. The summed E-state index contributed by atoms with van der Waals surface area (Å²) in [6, 6.07) is 8.79. The highest BCUT2D eigenvalue weighted by Crippen LogP contribution is 2.44. The summed E-state index contributed by atoms with van der Waals surface area (Å²) in [6.45, 7) is 12.4. The monoisotopic (exact) mass is 719 g/mol. The summed E-state index contributed by atoms with van der Waals surface area (Å²) < 4.78 is 68.0. The first kappa shape index (κ1) is 36.0. The van der Waals surface area contributed by atoms with Gasteiger partial charge in [-0.25, -0.2) is 14.0 Å². The van der Waals surface area contributed by atoms with E-state index in [1.807, 2.05) is 64.1 Å². The van der Waals surface area contributed by atoms with Crippen LogP contribution in [-0.2, 0) is 33.8 Å². The third kappa shape index (κ3) is 8.34. The summed E-state index contributed by atoms with van der Waals surface area (Å²) in [6.07, 6.45) is 7.75. The summed E-state index contributed by atoms with van der Waals surface area (Å²) in [7, 11) is -6.50. The van der Waals surface area contributed by atoms with E-state index in [-0.39, 0.29) is 37.2 Å². The number of imidazole rings is 1. The van der Waals surface area contributed by atoms with Crippen molar-refractivity contribution in [3.8, 4) is 6.07 Å². The number of aromatic nitrogens is 2. The minimum Gasteiger partial charge on any atom is -0.326 e. The molecule has 2 heterocycles. The molecule has 0 spiro atoms. The zero-order valence-corrected chi connectivity index (χ0v) is 29.0. The van der Waals surface area contributed by atoms with Crippen molar-refractivity contribution in [2.75, 3.05) is 34.4 Å². The third-order valence-electron chi connectivity index (χ3n) is 7.63. The van der Waals surface area contributed by atoms with Gasteiger partial charge in [-0.15, -0.1) is 0 Å². The Kier molecular flexibility index (Phi) is 11.1. The van der Waals surface area contributed by atoms with Crippen LogP contribution in [0.25, 0.3) is 22.0 Å². The molecule has 2 N–H and O–H groups in total. The number of benzene rings is 2. The number of fused-ring (bicyclic) bond motifs is 2. The van der Waals surface area contributed by atoms with Crippen molar-refractivity contribution in [1.82, 2.24) is 4.57 Å². The molecule has 0 atom stereocenters. The molecule has 0 unspecified atom stereocenters. The van der Waals surface area contributed by atoms with Crippen LogP contribution >= 0.6 is 23.2 Å². The lowest BCUT2D eigenvalue weighted by molar-refractivity contribution is -0.647. The van der Waals surface area contributed by atoms with Crippen molar-refractivity contribution < 1.29 is 30.5 Å². The van der Waals surface area contributed by atoms with Gasteiger partial charge in [-0.05, 0) is 50.6 Å². The number of allylic oxidation sites excluding steroid dienone is 4. The zero-order chi connectivity index (χ0) is 34.7. The van der Waals surface area contributed by atoms with E-state index in [0.717, 1.165) is 22.6 Å². The molecular formula is C31H33Cl2N6O6S2+. The van der Waals surface area contributed by atoms with E-state index in [1.165, 1.54) is 0 Å². The summed E-state index contributed by atoms with van der Waals surface area (Å²) in [4.78, 5) is 7.37. The molecule has 16 heteroatoms. The van der Waals surface area contributed by atoms with E-state index in [4.69, 9.17) is 29.8 Å². The van der Waals surface area contributed by atoms with Gasteiger partial charge in [0.25, 0.3) is 26.1 Å². The molecule has 1 aromatic heterocycles. The highest BCUT2D eigenvalue weighted by atomic mass is 35.5. The predicted octanol–water partition coefficient (Wildman–Crippen LogP) is 5.90. The fraction of sp³-hybridized carbons (Fsp3) is 0.323. The molecular weight excluding hydrogens is 687 g/mol. The molecule has 0 aliphatic carbocycles. The van der Waals surface area contributed by atoms with E-state index >= 15 is 0 Å². The van der Waals surface area contributed by atoms with Crippen LogP contribution in [0, 0.1) is 17.9 Å². The van der Waals surface area contributed by atoms with Crippen molar-refractivity contribution in [2.45, 2.75) is 33.2 Å². The number of rotatable bonds is 12. The maximum atomic E-state index is 11.4. The normalized spacial score (nSPS) is 14.7. The summed E-state index contributed by atoms with van der Waals surface area (Å²) in [5.74, 6) is 0.575. The van der Waals surface area contributed by atoms with Crippen LogP contribution in [0.15, 0.2) is 53.9 Å². The molecule has 0 fully saturated rings. The van der Waals surface area contributed by atoms with Gasteiger partial charge in [0.05, 0.1) is 58.7 Å². The van der Waals surface area contributed by atoms with E-state index in [9.17, 15) is 31.2 Å². The Balaban J connectivity index is 1.74. The number of anilines is 2. The van der Waals surface area contributed by atoms with Crippen LogP contribution < -0.4 is 14.4 Å². The lowest BCUT2D eigenvalue weighted by Crippen LogP contribution is -2.31. The molecule has 1 aliphatic heterocycles. The second kappa shape index (κ2) is 14.5. The molecule has 0 saturated carbocycles. The number of hydrogen-bond acceptors (Lipinski definition) is 7. The topological polar surface area (TPSA) is 152 Å². The number of aryl methyl sites for hydroxylation is 2. The van der Waals surface area contributed by atoms with Crippen molar-refractivity contribution >= 4 is 77.6 Å². The molecule has 0 saturated heterocycles. The van der Waals surface area contributed by atoms with Crippen LogP contribution in [-0.4, -0.2) is 55.1 Å². The van der Waals surface area contributed by atoms with Crippen LogP contribution in [0.2, 0.25) is 10.0 Å².